The average Bonchev–Trinajstić information content (AvgIpc) is 2.75. The molecule has 15 heavy (non-hydrogen) atoms. The number of ether oxygens (including phenoxy) is 1. The lowest BCUT2D eigenvalue weighted by molar-refractivity contribution is 0.0133. The molecule has 0 bridgehead atoms. The Morgan fingerprint density at radius 1 is 1.53 bits per heavy atom. The molecule has 0 spiro atoms. The summed E-state index contributed by atoms with van der Waals surface area (Å²) in [5.74, 6) is 1.12. The van der Waals surface area contributed by atoms with Crippen molar-refractivity contribution in [3.05, 3.63) is 0 Å². The molecule has 2 fully saturated rings. The number of aliphatic hydroxyl groups excluding tert-OH is 1. The molecule has 2 rings (SSSR count). The summed E-state index contributed by atoms with van der Waals surface area (Å²) in [7, 11) is 0. The van der Waals surface area contributed by atoms with E-state index in [0.717, 1.165) is 13.0 Å². The van der Waals surface area contributed by atoms with Gasteiger partial charge in [-0.15, -0.1) is 0 Å². The van der Waals surface area contributed by atoms with Crippen LogP contribution in [0.5, 0.6) is 0 Å². The van der Waals surface area contributed by atoms with Crippen LogP contribution >= 0.6 is 0 Å². The maximum Gasteiger partial charge on any atom is 0.410 e. The first-order valence-corrected chi connectivity index (χ1v) is 5.53. The summed E-state index contributed by atoms with van der Waals surface area (Å²) in [5, 5.41) is 9.23. The van der Waals surface area contributed by atoms with E-state index >= 15 is 0 Å². The predicted molar refractivity (Wildman–Crippen MR) is 55.4 cm³/mol. The summed E-state index contributed by atoms with van der Waals surface area (Å²) in [6.45, 7) is 6.38. The molecule has 1 aliphatic heterocycles. The van der Waals surface area contributed by atoms with Gasteiger partial charge >= 0.3 is 6.09 Å². The quantitative estimate of drug-likeness (QED) is 0.712. The van der Waals surface area contributed by atoms with Gasteiger partial charge in [0.2, 0.25) is 0 Å². The molecule has 1 N–H and O–H groups in total. The summed E-state index contributed by atoms with van der Waals surface area (Å²) < 4.78 is 5.30. The van der Waals surface area contributed by atoms with E-state index in [-0.39, 0.29) is 18.7 Å². The zero-order valence-electron chi connectivity index (χ0n) is 9.56. The Balaban J connectivity index is 1.96. The number of rotatable bonds is 1. The van der Waals surface area contributed by atoms with Crippen LogP contribution in [0.1, 0.15) is 27.2 Å². The van der Waals surface area contributed by atoms with Crippen LogP contribution in [0, 0.1) is 11.8 Å². The molecule has 0 unspecified atom stereocenters. The number of carbonyl (C=O) groups is 1. The third kappa shape index (κ3) is 2.09. The van der Waals surface area contributed by atoms with Crippen molar-refractivity contribution in [2.24, 2.45) is 11.8 Å². The van der Waals surface area contributed by atoms with E-state index in [4.69, 9.17) is 4.74 Å². The van der Waals surface area contributed by atoms with E-state index in [0.29, 0.717) is 11.8 Å². The Morgan fingerprint density at radius 2 is 2.20 bits per heavy atom. The van der Waals surface area contributed by atoms with Crippen LogP contribution in [0.4, 0.5) is 4.79 Å². The number of hydrogen-bond acceptors (Lipinski definition) is 3. The normalized spacial score (nSPS) is 33.9. The van der Waals surface area contributed by atoms with Gasteiger partial charge in [0.05, 0.1) is 12.6 Å². The summed E-state index contributed by atoms with van der Waals surface area (Å²) >= 11 is 0. The smallest absolute Gasteiger partial charge is 0.410 e. The highest BCUT2D eigenvalue weighted by Gasteiger charge is 2.54. The number of piperidine rings is 1. The van der Waals surface area contributed by atoms with E-state index in [1.165, 1.54) is 0 Å². The van der Waals surface area contributed by atoms with Crippen LogP contribution in [-0.2, 0) is 4.74 Å². The Kier molecular flexibility index (Phi) is 2.41. The molecule has 86 valence electrons. The Hall–Kier alpha value is -0.770. The third-order valence-corrected chi connectivity index (χ3v) is 3.12. The summed E-state index contributed by atoms with van der Waals surface area (Å²) in [6, 6.07) is -0.00940. The van der Waals surface area contributed by atoms with Gasteiger partial charge in [-0.05, 0) is 39.0 Å². The summed E-state index contributed by atoms with van der Waals surface area (Å²) in [6.07, 6.45) is 0.874. The number of hydrogen-bond donors (Lipinski definition) is 1. The molecule has 2 aliphatic rings. The average molecular weight is 213 g/mol. The number of fused-ring (bicyclic) bond motifs is 1. The lowest BCUT2D eigenvalue weighted by atomic mass is 10.2. The largest absolute Gasteiger partial charge is 0.444 e. The van der Waals surface area contributed by atoms with Gasteiger partial charge in [-0.1, -0.05) is 0 Å². The molecular formula is C11H19NO3. The van der Waals surface area contributed by atoms with Crippen molar-refractivity contribution in [2.75, 3.05) is 13.2 Å². The summed E-state index contributed by atoms with van der Waals surface area (Å²) in [5.41, 5.74) is -0.454. The van der Waals surface area contributed by atoms with Gasteiger partial charge in [0.1, 0.15) is 5.60 Å². The highest BCUT2D eigenvalue weighted by atomic mass is 16.6. The first-order valence-electron chi connectivity index (χ1n) is 5.53. The van der Waals surface area contributed by atoms with E-state index < -0.39 is 5.60 Å². The zero-order chi connectivity index (χ0) is 11.2. The number of nitrogens with zero attached hydrogens (tertiary/aromatic N) is 1. The highest BCUT2D eigenvalue weighted by Crippen LogP contribution is 2.49. The molecule has 1 saturated heterocycles. The SMILES string of the molecule is CC(C)(C)OC(=O)N1C[C@H]2C[C@H]2[C@@H]1CO. The standard InChI is InChI=1S/C11H19NO3/c1-11(2,3)15-10(14)12-5-7-4-8(7)9(12)6-13/h7-9,13H,4-6H2,1-3H3/t7-,8-,9+/m1/s1. The van der Waals surface area contributed by atoms with Gasteiger partial charge in [-0.25, -0.2) is 4.79 Å². The van der Waals surface area contributed by atoms with E-state index in [2.05, 4.69) is 0 Å². The van der Waals surface area contributed by atoms with Crippen LogP contribution in [-0.4, -0.2) is 40.9 Å². The lowest BCUT2D eigenvalue weighted by Gasteiger charge is -2.29. The number of carbonyl (C=O) groups excluding carboxylic acids is 1. The molecule has 1 amide bonds. The minimum atomic E-state index is -0.454. The van der Waals surface area contributed by atoms with Crippen molar-refractivity contribution in [1.29, 1.82) is 0 Å². The fourth-order valence-electron chi connectivity index (χ4n) is 2.34. The molecule has 1 saturated carbocycles. The maximum absolute atomic E-state index is 11.8. The second kappa shape index (κ2) is 3.37. The maximum atomic E-state index is 11.8. The first-order chi connectivity index (χ1) is 6.92. The molecule has 1 heterocycles. The van der Waals surface area contributed by atoms with Crippen LogP contribution in [0.15, 0.2) is 0 Å². The molecular weight excluding hydrogens is 194 g/mol. The molecule has 0 aromatic rings. The highest BCUT2D eigenvalue weighted by molar-refractivity contribution is 5.69. The van der Waals surface area contributed by atoms with Gasteiger partial charge in [-0.3, -0.25) is 0 Å². The lowest BCUT2D eigenvalue weighted by Crippen LogP contribution is -2.43. The molecule has 1 aliphatic carbocycles. The van der Waals surface area contributed by atoms with E-state index in [9.17, 15) is 9.90 Å². The van der Waals surface area contributed by atoms with Gasteiger partial charge in [0, 0.05) is 6.54 Å². The van der Waals surface area contributed by atoms with Crippen molar-refractivity contribution in [3.8, 4) is 0 Å². The number of amides is 1. The molecule has 0 aromatic heterocycles. The molecule has 3 atom stereocenters. The van der Waals surface area contributed by atoms with Crippen LogP contribution < -0.4 is 0 Å². The van der Waals surface area contributed by atoms with Crippen molar-refractivity contribution in [3.63, 3.8) is 0 Å². The van der Waals surface area contributed by atoms with Crippen LogP contribution in [0.25, 0.3) is 0 Å². The molecule has 4 heteroatoms. The van der Waals surface area contributed by atoms with Gasteiger partial charge in [-0.2, -0.15) is 0 Å². The molecule has 0 radical (unpaired) electrons. The second-order valence-corrected chi connectivity index (χ2v) is 5.54. The molecule has 4 nitrogen and oxygen atoms in total. The topological polar surface area (TPSA) is 49.8 Å². The first kappa shape index (κ1) is 10.7. The zero-order valence-corrected chi connectivity index (χ0v) is 9.56. The van der Waals surface area contributed by atoms with E-state index in [1.54, 1.807) is 4.90 Å². The third-order valence-electron chi connectivity index (χ3n) is 3.12. The Bertz CT molecular complexity index is 271. The van der Waals surface area contributed by atoms with Crippen molar-refractivity contribution >= 4 is 6.09 Å². The Labute approximate surface area is 90.2 Å². The number of likely N-dealkylation sites (tertiary alicyclic amines) is 1. The second-order valence-electron chi connectivity index (χ2n) is 5.54. The van der Waals surface area contributed by atoms with Crippen LogP contribution in [0.3, 0.4) is 0 Å². The molecule has 0 aromatic carbocycles. The summed E-state index contributed by atoms with van der Waals surface area (Å²) in [4.78, 5) is 13.5. The minimum absolute atomic E-state index is 0.00940. The fraction of sp³-hybridized carbons (Fsp3) is 0.909. The predicted octanol–water partition coefficient (Wildman–Crippen LogP) is 1.23. The monoisotopic (exact) mass is 213 g/mol. The Morgan fingerprint density at radius 3 is 2.73 bits per heavy atom. The van der Waals surface area contributed by atoms with E-state index in [1.807, 2.05) is 20.8 Å². The van der Waals surface area contributed by atoms with Gasteiger partial charge in [0.25, 0.3) is 0 Å². The minimum Gasteiger partial charge on any atom is -0.444 e. The van der Waals surface area contributed by atoms with Crippen LogP contribution in [0.2, 0.25) is 0 Å². The van der Waals surface area contributed by atoms with Gasteiger partial charge < -0.3 is 14.7 Å². The fourth-order valence-corrected chi connectivity index (χ4v) is 2.34. The van der Waals surface area contributed by atoms with Crippen molar-refractivity contribution in [1.82, 2.24) is 4.90 Å². The van der Waals surface area contributed by atoms with Crippen molar-refractivity contribution in [2.45, 2.75) is 38.8 Å². The van der Waals surface area contributed by atoms with Crippen molar-refractivity contribution < 1.29 is 14.6 Å². The number of aliphatic hydroxyl groups is 1. The van der Waals surface area contributed by atoms with Gasteiger partial charge in [0.15, 0.2) is 0 Å².